The monoisotopic (exact) mass is 418 g/mol. The molecule has 2 fully saturated rings. The molecule has 2 heterocycles. The zero-order valence-electron chi connectivity index (χ0n) is 16.9. The summed E-state index contributed by atoms with van der Waals surface area (Å²) in [4.78, 5) is 20.7. The SMILES string of the molecule is CC(=O)C1=NC(CCCc2ccccc2F)C(C(F)F)=C1/C=N\C[C@@H]1[C@H]2COC[C@@H]12. The summed E-state index contributed by atoms with van der Waals surface area (Å²) in [6, 6.07) is 5.67. The Morgan fingerprint density at radius 2 is 2.03 bits per heavy atom. The number of alkyl halides is 2. The van der Waals surface area contributed by atoms with E-state index in [-0.39, 0.29) is 28.5 Å². The minimum Gasteiger partial charge on any atom is -0.381 e. The molecular formula is C23H25F3N2O2. The first-order chi connectivity index (χ1) is 14.5. The minimum atomic E-state index is -2.72. The van der Waals surface area contributed by atoms with Crippen molar-refractivity contribution in [2.75, 3.05) is 19.8 Å². The van der Waals surface area contributed by atoms with Crippen LogP contribution in [0.4, 0.5) is 13.2 Å². The van der Waals surface area contributed by atoms with E-state index in [0.29, 0.717) is 49.1 Å². The van der Waals surface area contributed by atoms with E-state index >= 15 is 0 Å². The summed E-state index contributed by atoms with van der Waals surface area (Å²) >= 11 is 0. The summed E-state index contributed by atoms with van der Waals surface area (Å²) in [6.45, 7) is 3.39. The number of hydrogen-bond acceptors (Lipinski definition) is 4. The highest BCUT2D eigenvalue weighted by atomic mass is 19.3. The number of benzene rings is 1. The highest BCUT2D eigenvalue weighted by Gasteiger charge is 2.53. The smallest absolute Gasteiger partial charge is 0.262 e. The fourth-order valence-electron chi connectivity index (χ4n) is 4.59. The average molecular weight is 418 g/mol. The second-order valence-electron chi connectivity index (χ2n) is 8.23. The maximum atomic E-state index is 13.9. The molecule has 7 heteroatoms. The van der Waals surface area contributed by atoms with Crippen LogP contribution in [0.2, 0.25) is 0 Å². The largest absolute Gasteiger partial charge is 0.381 e. The van der Waals surface area contributed by atoms with Crippen LogP contribution in [0.15, 0.2) is 45.4 Å². The minimum absolute atomic E-state index is 0.0734. The summed E-state index contributed by atoms with van der Waals surface area (Å²) in [5.41, 5.74) is 0.645. The Balaban J connectivity index is 1.45. The molecule has 1 aromatic rings. The molecule has 30 heavy (non-hydrogen) atoms. The number of carbonyl (C=O) groups is 1. The Morgan fingerprint density at radius 1 is 1.30 bits per heavy atom. The van der Waals surface area contributed by atoms with Gasteiger partial charge in [-0.1, -0.05) is 18.2 Å². The van der Waals surface area contributed by atoms with Crippen LogP contribution in [0.1, 0.15) is 25.3 Å². The van der Waals surface area contributed by atoms with Crippen LogP contribution < -0.4 is 0 Å². The Kier molecular flexibility index (Phi) is 6.18. The quantitative estimate of drug-likeness (QED) is 0.568. The first-order valence-electron chi connectivity index (χ1n) is 10.4. The van der Waals surface area contributed by atoms with Crippen molar-refractivity contribution in [1.29, 1.82) is 0 Å². The van der Waals surface area contributed by atoms with Crippen LogP contribution in [-0.2, 0) is 16.0 Å². The van der Waals surface area contributed by atoms with Crippen molar-refractivity contribution in [3.63, 3.8) is 0 Å². The zero-order valence-corrected chi connectivity index (χ0v) is 16.9. The number of aliphatic imine (C=N–C) groups is 2. The van der Waals surface area contributed by atoms with Gasteiger partial charge in [-0.25, -0.2) is 13.2 Å². The summed E-state index contributed by atoms with van der Waals surface area (Å²) < 4.78 is 46.9. The van der Waals surface area contributed by atoms with Gasteiger partial charge < -0.3 is 4.74 Å². The van der Waals surface area contributed by atoms with Gasteiger partial charge in [0, 0.05) is 30.8 Å². The van der Waals surface area contributed by atoms with Gasteiger partial charge in [-0.3, -0.25) is 14.8 Å². The van der Waals surface area contributed by atoms with Crippen molar-refractivity contribution in [3.05, 3.63) is 46.8 Å². The first-order valence-corrected chi connectivity index (χ1v) is 10.4. The van der Waals surface area contributed by atoms with E-state index < -0.39 is 12.5 Å². The molecule has 0 aromatic heterocycles. The molecule has 0 bridgehead atoms. The number of ketones is 1. The van der Waals surface area contributed by atoms with E-state index in [1.807, 2.05) is 0 Å². The lowest BCUT2D eigenvalue weighted by molar-refractivity contribution is -0.111. The Labute approximate surface area is 173 Å². The number of hydrogen-bond donors (Lipinski definition) is 0. The number of rotatable bonds is 9. The topological polar surface area (TPSA) is 51.0 Å². The summed E-state index contributed by atoms with van der Waals surface area (Å²) in [6.07, 6.45) is -0.0636. The summed E-state index contributed by atoms with van der Waals surface area (Å²) in [5, 5.41) is 0. The van der Waals surface area contributed by atoms with Crippen LogP contribution in [0.5, 0.6) is 0 Å². The molecule has 2 aliphatic heterocycles. The molecule has 1 aromatic carbocycles. The van der Waals surface area contributed by atoms with Gasteiger partial charge in [0.05, 0.1) is 19.3 Å². The van der Waals surface area contributed by atoms with Crippen molar-refractivity contribution in [2.45, 2.75) is 38.7 Å². The summed E-state index contributed by atoms with van der Waals surface area (Å²) in [7, 11) is 0. The molecular weight excluding hydrogens is 393 g/mol. The first kappa shape index (κ1) is 21.0. The molecule has 160 valence electrons. The Hall–Kier alpha value is -2.28. The number of ether oxygens (including phenoxy) is 1. The van der Waals surface area contributed by atoms with E-state index in [0.717, 1.165) is 13.2 Å². The fourth-order valence-corrected chi connectivity index (χ4v) is 4.59. The maximum Gasteiger partial charge on any atom is 0.262 e. The van der Waals surface area contributed by atoms with E-state index in [9.17, 15) is 18.0 Å². The van der Waals surface area contributed by atoms with Crippen molar-refractivity contribution >= 4 is 17.7 Å². The third kappa shape index (κ3) is 4.26. The lowest BCUT2D eigenvalue weighted by Crippen LogP contribution is -2.15. The number of carbonyl (C=O) groups excluding carboxylic acids is 1. The second kappa shape index (κ2) is 8.84. The van der Waals surface area contributed by atoms with Gasteiger partial charge in [0.2, 0.25) is 0 Å². The predicted molar refractivity (Wildman–Crippen MR) is 109 cm³/mol. The number of nitrogens with zero attached hydrogens (tertiary/aromatic N) is 2. The number of fused-ring (bicyclic) bond motifs is 1. The molecule has 1 aliphatic carbocycles. The molecule has 0 amide bonds. The van der Waals surface area contributed by atoms with Gasteiger partial charge in [0.1, 0.15) is 11.5 Å². The Morgan fingerprint density at radius 3 is 2.70 bits per heavy atom. The molecule has 0 spiro atoms. The van der Waals surface area contributed by atoms with Crippen LogP contribution >= 0.6 is 0 Å². The van der Waals surface area contributed by atoms with Crippen LogP contribution in [0, 0.1) is 23.6 Å². The normalized spacial score (nSPS) is 27.8. The molecule has 4 rings (SSSR count). The van der Waals surface area contributed by atoms with Gasteiger partial charge in [0.15, 0.2) is 5.78 Å². The number of allylic oxidation sites excluding steroid dienone is 1. The molecule has 4 nitrogen and oxygen atoms in total. The van der Waals surface area contributed by atoms with Crippen LogP contribution in [-0.4, -0.2) is 49.9 Å². The molecule has 1 saturated carbocycles. The molecule has 1 saturated heterocycles. The highest BCUT2D eigenvalue weighted by molar-refractivity contribution is 6.50. The standard InChI is InChI=1S/C23H25F3N2O2/c1-13(29)22-16(10-27-9-15-17-11-30-12-18(15)17)21(23(25)26)20(28-22)8-4-6-14-5-2-3-7-19(14)24/h2-3,5,7,10,15,17-18,20,23H,4,6,8-9,11-12H2,1H3/b27-10-/t15-,17-,18+,20?. The van der Waals surface area contributed by atoms with E-state index in [1.54, 1.807) is 18.2 Å². The highest BCUT2D eigenvalue weighted by Crippen LogP contribution is 2.50. The third-order valence-electron chi connectivity index (χ3n) is 6.33. The van der Waals surface area contributed by atoms with Gasteiger partial charge >= 0.3 is 0 Å². The fraction of sp³-hybridized carbons (Fsp3) is 0.522. The molecule has 0 N–H and O–H groups in total. The number of aryl methyl sites for hydroxylation is 1. The average Bonchev–Trinajstić information content (AvgIpc) is 3.06. The molecule has 4 atom stereocenters. The predicted octanol–water partition coefficient (Wildman–Crippen LogP) is 4.09. The van der Waals surface area contributed by atoms with Gasteiger partial charge in [-0.05, 0) is 48.6 Å². The Bertz CT molecular complexity index is 899. The third-order valence-corrected chi connectivity index (χ3v) is 6.33. The van der Waals surface area contributed by atoms with Crippen molar-refractivity contribution in [2.24, 2.45) is 27.7 Å². The maximum absolute atomic E-state index is 13.9. The summed E-state index contributed by atoms with van der Waals surface area (Å²) in [5.74, 6) is 0.858. The van der Waals surface area contributed by atoms with Gasteiger partial charge in [-0.2, -0.15) is 0 Å². The molecule has 1 unspecified atom stereocenters. The number of halogens is 3. The lowest BCUT2D eigenvalue weighted by Gasteiger charge is -2.13. The van der Waals surface area contributed by atoms with Crippen LogP contribution in [0.25, 0.3) is 0 Å². The lowest BCUT2D eigenvalue weighted by atomic mass is 9.97. The van der Waals surface area contributed by atoms with E-state index in [1.165, 1.54) is 19.2 Å². The zero-order chi connectivity index (χ0) is 21.3. The van der Waals surface area contributed by atoms with Crippen LogP contribution in [0.3, 0.4) is 0 Å². The molecule has 3 aliphatic rings. The van der Waals surface area contributed by atoms with Crippen molar-refractivity contribution in [3.8, 4) is 0 Å². The number of Topliss-reactive ketones (excluding diaryl/α,β-unsaturated/α-hetero) is 1. The van der Waals surface area contributed by atoms with Gasteiger partial charge in [-0.15, -0.1) is 0 Å². The second-order valence-corrected chi connectivity index (χ2v) is 8.23. The van der Waals surface area contributed by atoms with E-state index in [4.69, 9.17) is 4.74 Å². The van der Waals surface area contributed by atoms with Crippen molar-refractivity contribution in [1.82, 2.24) is 0 Å². The van der Waals surface area contributed by atoms with E-state index in [2.05, 4.69) is 9.98 Å². The molecule has 0 radical (unpaired) electrons. The van der Waals surface area contributed by atoms with Crippen molar-refractivity contribution < 1.29 is 22.7 Å². The van der Waals surface area contributed by atoms with Gasteiger partial charge in [0.25, 0.3) is 6.43 Å².